The topological polar surface area (TPSA) is 69.7 Å². The van der Waals surface area contributed by atoms with Gasteiger partial charge in [0.1, 0.15) is 0 Å². The molecule has 2 aromatic carbocycles. The number of benzene rings is 2. The smallest absolute Gasteiger partial charge is 0.399 e. The second-order valence-electron chi connectivity index (χ2n) is 5.25. The highest BCUT2D eigenvalue weighted by molar-refractivity contribution is 5.83. The Balaban J connectivity index is 2.64. The van der Waals surface area contributed by atoms with Crippen LogP contribution in [0, 0.1) is 0 Å². The number of anilines is 2. The fourth-order valence-electron chi connectivity index (χ4n) is 2.60. The highest BCUT2D eigenvalue weighted by Crippen LogP contribution is 2.41. The van der Waals surface area contributed by atoms with Gasteiger partial charge in [-0.1, -0.05) is 18.2 Å². The summed E-state index contributed by atoms with van der Waals surface area (Å²) in [6, 6.07) is 9.92. The SMILES string of the molecule is Nc1ccc(N(CCO)CCO)c(-c2ccccc2C(F)(F)F)c1. The molecule has 0 bridgehead atoms. The van der Waals surface area contributed by atoms with Crippen LogP contribution >= 0.6 is 0 Å². The van der Waals surface area contributed by atoms with Crippen molar-refractivity contribution in [1.29, 1.82) is 0 Å². The molecule has 0 heterocycles. The summed E-state index contributed by atoms with van der Waals surface area (Å²) in [6.45, 7) is -0.00715. The fraction of sp³-hybridized carbons (Fsp3) is 0.294. The van der Waals surface area contributed by atoms with Crippen molar-refractivity contribution in [2.24, 2.45) is 0 Å². The van der Waals surface area contributed by atoms with Crippen LogP contribution in [-0.2, 0) is 6.18 Å². The molecule has 0 saturated carbocycles. The number of nitrogens with two attached hydrogens (primary N) is 1. The summed E-state index contributed by atoms with van der Waals surface area (Å²) in [5.41, 5.74) is 6.14. The van der Waals surface area contributed by atoms with E-state index in [1.54, 1.807) is 17.0 Å². The van der Waals surface area contributed by atoms with Gasteiger partial charge in [0.15, 0.2) is 0 Å². The molecule has 7 heteroatoms. The molecule has 0 fully saturated rings. The minimum absolute atomic E-state index is 0.00757. The van der Waals surface area contributed by atoms with E-state index < -0.39 is 11.7 Å². The summed E-state index contributed by atoms with van der Waals surface area (Å²) in [6.07, 6.45) is -4.50. The first kappa shape index (κ1) is 18.1. The number of alkyl halides is 3. The van der Waals surface area contributed by atoms with Gasteiger partial charge in [-0.15, -0.1) is 0 Å². The zero-order valence-corrected chi connectivity index (χ0v) is 12.9. The predicted octanol–water partition coefficient (Wildman–Crippen LogP) is 2.75. The van der Waals surface area contributed by atoms with Gasteiger partial charge in [-0.25, -0.2) is 0 Å². The van der Waals surface area contributed by atoms with E-state index in [2.05, 4.69) is 0 Å². The van der Waals surface area contributed by atoms with Crippen molar-refractivity contribution in [1.82, 2.24) is 0 Å². The number of halogens is 3. The lowest BCUT2D eigenvalue weighted by molar-refractivity contribution is -0.137. The monoisotopic (exact) mass is 340 g/mol. The van der Waals surface area contributed by atoms with Gasteiger partial charge >= 0.3 is 6.18 Å². The number of nitrogens with zero attached hydrogens (tertiary/aromatic N) is 1. The van der Waals surface area contributed by atoms with Gasteiger partial charge in [0.05, 0.1) is 18.8 Å². The molecule has 2 rings (SSSR count). The molecule has 4 nitrogen and oxygen atoms in total. The quantitative estimate of drug-likeness (QED) is 0.707. The van der Waals surface area contributed by atoms with Crippen LogP contribution in [-0.4, -0.2) is 36.5 Å². The third kappa shape index (κ3) is 3.98. The molecule has 0 unspecified atom stereocenters. The number of rotatable bonds is 6. The molecule has 0 amide bonds. The van der Waals surface area contributed by atoms with Crippen LogP contribution in [0.5, 0.6) is 0 Å². The molecule has 0 aliphatic heterocycles. The molecule has 0 spiro atoms. The van der Waals surface area contributed by atoms with Gasteiger partial charge in [0.25, 0.3) is 0 Å². The standard InChI is InChI=1S/C17H19F3N2O2/c18-17(19,20)15-4-2-1-3-13(15)14-11-12(21)5-6-16(14)22(7-9-23)8-10-24/h1-6,11,23-24H,7-10,21H2. The van der Waals surface area contributed by atoms with E-state index in [1.807, 2.05) is 0 Å². The second-order valence-corrected chi connectivity index (χ2v) is 5.25. The molecule has 4 N–H and O–H groups in total. The Morgan fingerprint density at radius 3 is 2.12 bits per heavy atom. The Kier molecular flexibility index (Phi) is 5.69. The minimum Gasteiger partial charge on any atom is -0.399 e. The number of aliphatic hydroxyl groups is 2. The van der Waals surface area contributed by atoms with Crippen LogP contribution in [0.1, 0.15) is 5.56 Å². The lowest BCUT2D eigenvalue weighted by Crippen LogP contribution is -2.30. The van der Waals surface area contributed by atoms with Crippen molar-refractivity contribution in [3.05, 3.63) is 48.0 Å². The summed E-state index contributed by atoms with van der Waals surface area (Å²) < 4.78 is 40.0. The Labute approximate surface area is 137 Å². The van der Waals surface area contributed by atoms with Crippen molar-refractivity contribution in [3.8, 4) is 11.1 Å². The largest absolute Gasteiger partial charge is 0.417 e. The minimum atomic E-state index is -4.50. The van der Waals surface area contributed by atoms with Gasteiger partial charge in [0, 0.05) is 30.0 Å². The zero-order chi connectivity index (χ0) is 17.7. The molecule has 0 aromatic heterocycles. The number of nitrogen functional groups attached to an aromatic ring is 1. The van der Waals surface area contributed by atoms with Crippen molar-refractivity contribution in [2.45, 2.75) is 6.18 Å². The maximum Gasteiger partial charge on any atom is 0.417 e. The van der Waals surface area contributed by atoms with Crippen molar-refractivity contribution in [2.75, 3.05) is 36.9 Å². The van der Waals surface area contributed by atoms with Crippen LogP contribution in [0.15, 0.2) is 42.5 Å². The van der Waals surface area contributed by atoms with Crippen molar-refractivity contribution >= 4 is 11.4 Å². The first-order chi connectivity index (χ1) is 11.4. The van der Waals surface area contributed by atoms with E-state index in [-0.39, 0.29) is 31.9 Å². The van der Waals surface area contributed by atoms with E-state index in [9.17, 15) is 23.4 Å². The lowest BCUT2D eigenvalue weighted by Gasteiger charge is -2.27. The van der Waals surface area contributed by atoms with Gasteiger partial charge in [-0.2, -0.15) is 13.2 Å². The first-order valence-corrected chi connectivity index (χ1v) is 7.41. The number of hydrogen-bond donors (Lipinski definition) is 3. The summed E-state index contributed by atoms with van der Waals surface area (Å²) in [4.78, 5) is 1.63. The molecule has 0 aliphatic carbocycles. The van der Waals surface area contributed by atoms with Crippen LogP contribution in [0.4, 0.5) is 24.5 Å². The summed E-state index contributed by atoms with van der Waals surface area (Å²) in [7, 11) is 0. The van der Waals surface area contributed by atoms with E-state index >= 15 is 0 Å². The second kappa shape index (κ2) is 7.55. The fourth-order valence-corrected chi connectivity index (χ4v) is 2.60. The van der Waals surface area contributed by atoms with E-state index in [4.69, 9.17) is 5.73 Å². The first-order valence-electron chi connectivity index (χ1n) is 7.41. The Hall–Kier alpha value is -2.25. The average Bonchev–Trinajstić information content (AvgIpc) is 2.54. The van der Waals surface area contributed by atoms with Gasteiger partial charge in [-0.05, 0) is 29.8 Å². The molecular formula is C17H19F3N2O2. The Bertz CT molecular complexity index is 684. The summed E-state index contributed by atoms with van der Waals surface area (Å²) in [5.74, 6) is 0. The average molecular weight is 340 g/mol. The van der Waals surface area contributed by atoms with Crippen LogP contribution < -0.4 is 10.6 Å². The molecule has 24 heavy (non-hydrogen) atoms. The third-order valence-electron chi connectivity index (χ3n) is 3.62. The highest BCUT2D eigenvalue weighted by atomic mass is 19.4. The molecule has 0 radical (unpaired) electrons. The maximum atomic E-state index is 13.3. The van der Waals surface area contributed by atoms with Crippen molar-refractivity contribution < 1.29 is 23.4 Å². The summed E-state index contributed by atoms with van der Waals surface area (Å²) in [5, 5.41) is 18.4. The van der Waals surface area contributed by atoms with E-state index in [0.717, 1.165) is 6.07 Å². The Morgan fingerprint density at radius 1 is 0.917 bits per heavy atom. The van der Waals surface area contributed by atoms with Crippen LogP contribution in [0.25, 0.3) is 11.1 Å². The van der Waals surface area contributed by atoms with Crippen LogP contribution in [0.3, 0.4) is 0 Å². The molecule has 130 valence electrons. The molecule has 0 aliphatic rings. The normalized spacial score (nSPS) is 11.5. The number of hydrogen-bond acceptors (Lipinski definition) is 4. The Morgan fingerprint density at radius 2 is 1.54 bits per heavy atom. The molecular weight excluding hydrogens is 321 g/mol. The van der Waals surface area contributed by atoms with Gasteiger partial charge in [-0.3, -0.25) is 0 Å². The lowest BCUT2D eigenvalue weighted by atomic mass is 9.96. The zero-order valence-electron chi connectivity index (χ0n) is 12.9. The maximum absolute atomic E-state index is 13.3. The van der Waals surface area contributed by atoms with Crippen molar-refractivity contribution in [3.63, 3.8) is 0 Å². The molecule has 0 atom stereocenters. The predicted molar refractivity (Wildman–Crippen MR) is 87.7 cm³/mol. The van der Waals surface area contributed by atoms with Crippen LogP contribution in [0.2, 0.25) is 0 Å². The third-order valence-corrected chi connectivity index (χ3v) is 3.62. The van der Waals surface area contributed by atoms with Gasteiger partial charge < -0.3 is 20.8 Å². The van der Waals surface area contributed by atoms with E-state index in [1.165, 1.54) is 24.3 Å². The van der Waals surface area contributed by atoms with E-state index in [0.29, 0.717) is 16.9 Å². The summed E-state index contributed by atoms with van der Waals surface area (Å²) >= 11 is 0. The molecule has 0 saturated heterocycles. The van der Waals surface area contributed by atoms with Gasteiger partial charge in [0.2, 0.25) is 0 Å². The highest BCUT2D eigenvalue weighted by Gasteiger charge is 2.34. The number of aliphatic hydroxyl groups excluding tert-OH is 2. The molecule has 2 aromatic rings.